The second-order valence-electron chi connectivity index (χ2n) is 8.03. The van der Waals surface area contributed by atoms with Gasteiger partial charge in [0, 0.05) is 17.1 Å². The second-order valence-corrected chi connectivity index (χ2v) is 8.64. The monoisotopic (exact) mass is 438 g/mol. The third-order valence-corrected chi connectivity index (χ3v) is 6.38. The Kier molecular flexibility index (Phi) is 6.18. The lowest BCUT2D eigenvalue weighted by atomic mass is 10.0. The number of furan rings is 1. The summed E-state index contributed by atoms with van der Waals surface area (Å²) in [6, 6.07) is 8.45. The molecule has 0 radical (unpaired) electrons. The number of benzene rings is 1. The molecule has 162 valence electrons. The molecular weight excluding hydrogens is 412 g/mol. The quantitative estimate of drug-likeness (QED) is 0.612. The molecule has 1 fully saturated rings. The van der Waals surface area contributed by atoms with Gasteiger partial charge >= 0.3 is 0 Å². The van der Waals surface area contributed by atoms with Gasteiger partial charge in [-0.05, 0) is 74.5 Å². The summed E-state index contributed by atoms with van der Waals surface area (Å²) in [5.74, 6) is 0.463. The van der Waals surface area contributed by atoms with Gasteiger partial charge in [-0.1, -0.05) is 29.5 Å². The van der Waals surface area contributed by atoms with E-state index in [-0.39, 0.29) is 23.6 Å². The van der Waals surface area contributed by atoms with Crippen LogP contribution in [0.1, 0.15) is 64.9 Å². The minimum atomic E-state index is -0.955. The molecule has 1 aliphatic carbocycles. The molecule has 1 aromatic carbocycles. The molecule has 0 bridgehead atoms. The topological polar surface area (TPSA) is 88.3 Å². The number of nitrogens with one attached hydrogen (secondary N) is 1. The molecule has 4 rings (SSSR count). The van der Waals surface area contributed by atoms with E-state index < -0.39 is 6.04 Å². The summed E-state index contributed by atoms with van der Waals surface area (Å²) >= 11 is 1.10. The molecule has 8 heteroatoms. The third-order valence-electron chi connectivity index (χ3n) is 5.87. The van der Waals surface area contributed by atoms with Crippen LogP contribution in [0.15, 0.2) is 40.1 Å². The van der Waals surface area contributed by atoms with Gasteiger partial charge < -0.3 is 9.73 Å². The van der Waals surface area contributed by atoms with E-state index in [0.29, 0.717) is 17.2 Å². The SMILES string of the molecule is Cc1ccc([C@@H](C(=O)NC2CCCC2)N(C(=O)c2csnn2)c2cccc(C)c2C)o1. The van der Waals surface area contributed by atoms with Gasteiger partial charge in [0.05, 0.1) is 0 Å². The van der Waals surface area contributed by atoms with Crippen LogP contribution in [0.25, 0.3) is 0 Å². The Hall–Kier alpha value is -3.00. The van der Waals surface area contributed by atoms with Crippen LogP contribution in [0.2, 0.25) is 0 Å². The smallest absolute Gasteiger partial charge is 0.280 e. The van der Waals surface area contributed by atoms with Crippen LogP contribution in [0.3, 0.4) is 0 Å². The first kappa shape index (κ1) is 21.2. The van der Waals surface area contributed by atoms with E-state index >= 15 is 0 Å². The first-order chi connectivity index (χ1) is 15.0. The average molecular weight is 439 g/mol. The maximum atomic E-state index is 13.6. The first-order valence-corrected chi connectivity index (χ1v) is 11.3. The number of aromatic nitrogens is 2. The maximum Gasteiger partial charge on any atom is 0.280 e. The number of hydrogen-bond donors (Lipinski definition) is 1. The number of anilines is 1. The zero-order chi connectivity index (χ0) is 22.0. The van der Waals surface area contributed by atoms with Gasteiger partial charge in [0.1, 0.15) is 11.5 Å². The molecule has 1 aliphatic rings. The molecule has 2 aromatic heterocycles. The Balaban J connectivity index is 1.83. The van der Waals surface area contributed by atoms with Crippen molar-refractivity contribution in [3.05, 3.63) is 64.1 Å². The highest BCUT2D eigenvalue weighted by molar-refractivity contribution is 7.03. The van der Waals surface area contributed by atoms with Crippen molar-refractivity contribution >= 4 is 29.0 Å². The normalized spacial score (nSPS) is 15.1. The Morgan fingerprint density at radius 2 is 1.94 bits per heavy atom. The summed E-state index contributed by atoms with van der Waals surface area (Å²) < 4.78 is 9.73. The van der Waals surface area contributed by atoms with Crippen LogP contribution in [0, 0.1) is 20.8 Å². The number of rotatable bonds is 6. The fourth-order valence-corrected chi connectivity index (χ4v) is 4.50. The second kappa shape index (κ2) is 9.01. The van der Waals surface area contributed by atoms with Gasteiger partial charge in [0.15, 0.2) is 11.7 Å². The molecule has 0 unspecified atom stereocenters. The molecule has 7 nitrogen and oxygen atoms in total. The van der Waals surface area contributed by atoms with Gasteiger partial charge in [-0.25, -0.2) is 0 Å². The summed E-state index contributed by atoms with van der Waals surface area (Å²) in [6.07, 6.45) is 4.09. The third kappa shape index (κ3) is 4.39. The highest BCUT2D eigenvalue weighted by Gasteiger charge is 2.38. The maximum absolute atomic E-state index is 13.6. The van der Waals surface area contributed by atoms with Crippen molar-refractivity contribution in [3.63, 3.8) is 0 Å². The molecule has 1 atom stereocenters. The van der Waals surface area contributed by atoms with Crippen molar-refractivity contribution in [1.29, 1.82) is 0 Å². The summed E-state index contributed by atoms with van der Waals surface area (Å²) in [6.45, 7) is 5.75. The van der Waals surface area contributed by atoms with Crippen LogP contribution in [0.5, 0.6) is 0 Å². The number of amides is 2. The Bertz CT molecular complexity index is 1070. The highest BCUT2D eigenvalue weighted by atomic mass is 32.1. The van der Waals surface area contributed by atoms with E-state index in [2.05, 4.69) is 14.9 Å². The van der Waals surface area contributed by atoms with Crippen LogP contribution >= 0.6 is 11.5 Å². The lowest BCUT2D eigenvalue weighted by molar-refractivity contribution is -0.123. The fourth-order valence-electron chi connectivity index (χ4n) is 4.07. The Morgan fingerprint density at radius 3 is 2.58 bits per heavy atom. The van der Waals surface area contributed by atoms with E-state index in [9.17, 15) is 9.59 Å². The van der Waals surface area contributed by atoms with E-state index in [1.165, 1.54) is 4.90 Å². The van der Waals surface area contributed by atoms with Crippen molar-refractivity contribution in [2.75, 3.05) is 4.90 Å². The zero-order valence-electron chi connectivity index (χ0n) is 17.9. The van der Waals surface area contributed by atoms with Crippen LogP contribution in [0.4, 0.5) is 5.69 Å². The molecule has 3 aromatic rings. The van der Waals surface area contributed by atoms with Gasteiger partial charge in [0.2, 0.25) is 0 Å². The van der Waals surface area contributed by atoms with E-state index in [4.69, 9.17) is 4.42 Å². The lowest BCUT2D eigenvalue weighted by Crippen LogP contribution is -2.46. The van der Waals surface area contributed by atoms with Crippen molar-refractivity contribution in [3.8, 4) is 0 Å². The number of carbonyl (C=O) groups is 2. The molecule has 31 heavy (non-hydrogen) atoms. The largest absolute Gasteiger partial charge is 0.464 e. The van der Waals surface area contributed by atoms with Crippen LogP contribution in [-0.4, -0.2) is 27.4 Å². The predicted molar refractivity (Wildman–Crippen MR) is 119 cm³/mol. The summed E-state index contributed by atoms with van der Waals surface area (Å²) in [7, 11) is 0. The fraction of sp³-hybridized carbons (Fsp3) is 0.391. The number of nitrogens with zero attached hydrogens (tertiary/aromatic N) is 3. The number of aryl methyl sites for hydroxylation is 2. The number of carbonyl (C=O) groups excluding carboxylic acids is 2. The van der Waals surface area contributed by atoms with Gasteiger partial charge in [-0.3, -0.25) is 14.5 Å². The molecule has 2 heterocycles. The molecule has 0 saturated heterocycles. The molecular formula is C23H26N4O3S. The zero-order valence-corrected chi connectivity index (χ0v) is 18.7. The van der Waals surface area contributed by atoms with Crippen molar-refractivity contribution in [2.45, 2.75) is 58.5 Å². The van der Waals surface area contributed by atoms with E-state index in [0.717, 1.165) is 48.3 Å². The van der Waals surface area contributed by atoms with Crippen LogP contribution in [-0.2, 0) is 4.79 Å². The van der Waals surface area contributed by atoms with Gasteiger partial charge in [-0.15, -0.1) is 5.10 Å². The highest BCUT2D eigenvalue weighted by Crippen LogP contribution is 2.34. The Labute approximate surface area is 185 Å². The number of hydrogen-bond acceptors (Lipinski definition) is 6. The minimum absolute atomic E-state index is 0.113. The minimum Gasteiger partial charge on any atom is -0.464 e. The summed E-state index contributed by atoms with van der Waals surface area (Å²) in [4.78, 5) is 28.7. The molecule has 2 amide bonds. The Morgan fingerprint density at radius 1 is 1.16 bits per heavy atom. The summed E-state index contributed by atoms with van der Waals surface area (Å²) in [5.41, 5.74) is 2.80. The van der Waals surface area contributed by atoms with E-state index in [1.54, 1.807) is 17.5 Å². The average Bonchev–Trinajstić information content (AvgIpc) is 3.51. The predicted octanol–water partition coefficient (Wildman–Crippen LogP) is 4.50. The summed E-state index contributed by atoms with van der Waals surface area (Å²) in [5, 5.41) is 8.72. The van der Waals surface area contributed by atoms with Gasteiger partial charge in [0.25, 0.3) is 11.8 Å². The van der Waals surface area contributed by atoms with Gasteiger partial charge in [-0.2, -0.15) is 0 Å². The van der Waals surface area contributed by atoms with Crippen molar-refractivity contribution < 1.29 is 14.0 Å². The lowest BCUT2D eigenvalue weighted by Gasteiger charge is -2.31. The molecule has 1 N–H and O–H groups in total. The standard InChI is InChI=1S/C23H26N4O3S/c1-14-7-6-10-19(16(14)3)27(23(29)18-13-31-26-25-18)21(20-12-11-15(2)30-20)22(28)24-17-8-4-5-9-17/h6-7,10-13,17,21H,4-5,8-9H2,1-3H3,(H,24,28)/t21-/m0/s1. The van der Waals surface area contributed by atoms with Crippen molar-refractivity contribution in [2.24, 2.45) is 0 Å². The molecule has 0 aliphatic heterocycles. The van der Waals surface area contributed by atoms with Crippen LogP contribution < -0.4 is 10.2 Å². The van der Waals surface area contributed by atoms with Crippen molar-refractivity contribution in [1.82, 2.24) is 14.9 Å². The molecule has 0 spiro atoms. The van der Waals surface area contributed by atoms with E-state index in [1.807, 2.05) is 39.0 Å². The molecule has 1 saturated carbocycles. The first-order valence-electron chi connectivity index (χ1n) is 10.5.